The number of nitriles is 1. The number of pyridine rings is 1. The summed E-state index contributed by atoms with van der Waals surface area (Å²) < 4.78 is 0. The van der Waals surface area contributed by atoms with Gasteiger partial charge in [-0.15, -0.1) is 0 Å². The van der Waals surface area contributed by atoms with E-state index in [1.54, 1.807) is 12.3 Å². The Morgan fingerprint density at radius 1 is 1.35 bits per heavy atom. The molecule has 2 heterocycles. The van der Waals surface area contributed by atoms with Crippen LogP contribution in [0, 0.1) is 18.3 Å². The van der Waals surface area contributed by atoms with E-state index in [9.17, 15) is 0 Å². The fourth-order valence-corrected chi connectivity index (χ4v) is 3.80. The van der Waals surface area contributed by atoms with E-state index in [4.69, 9.17) is 16.9 Å². The second kappa shape index (κ2) is 6.60. The van der Waals surface area contributed by atoms with Gasteiger partial charge in [0, 0.05) is 24.7 Å². The number of hydrogen-bond acceptors (Lipinski definition) is 3. The minimum atomic E-state index is 0.385. The van der Waals surface area contributed by atoms with Crippen molar-refractivity contribution in [2.75, 3.05) is 11.4 Å². The molecule has 0 N–H and O–H groups in total. The van der Waals surface area contributed by atoms with E-state index in [-0.39, 0.29) is 0 Å². The lowest BCUT2D eigenvalue weighted by molar-refractivity contribution is 0.569. The summed E-state index contributed by atoms with van der Waals surface area (Å²) in [6.45, 7) is 5.26. The van der Waals surface area contributed by atoms with Gasteiger partial charge in [-0.2, -0.15) is 5.26 Å². The van der Waals surface area contributed by atoms with Crippen molar-refractivity contribution >= 4 is 17.4 Å². The van der Waals surface area contributed by atoms with Crippen molar-refractivity contribution in [2.24, 2.45) is 0 Å². The first-order valence-corrected chi connectivity index (χ1v) is 8.40. The van der Waals surface area contributed by atoms with Gasteiger partial charge >= 0.3 is 0 Å². The van der Waals surface area contributed by atoms with E-state index in [0.29, 0.717) is 22.5 Å². The van der Waals surface area contributed by atoms with Crippen LogP contribution in [0.4, 0.5) is 5.82 Å². The molecule has 118 valence electrons. The van der Waals surface area contributed by atoms with Gasteiger partial charge in [0.25, 0.3) is 0 Å². The molecular formula is C19H20ClN3. The van der Waals surface area contributed by atoms with Crippen LogP contribution in [0.25, 0.3) is 0 Å². The van der Waals surface area contributed by atoms with E-state index in [1.165, 1.54) is 11.1 Å². The Bertz CT molecular complexity index is 733. The molecule has 3 nitrogen and oxygen atoms in total. The Labute approximate surface area is 142 Å². The Morgan fingerprint density at radius 3 is 2.70 bits per heavy atom. The molecule has 0 aliphatic carbocycles. The van der Waals surface area contributed by atoms with E-state index in [2.05, 4.69) is 54.1 Å². The van der Waals surface area contributed by atoms with E-state index in [1.807, 2.05) is 0 Å². The molecule has 1 saturated heterocycles. The predicted molar refractivity (Wildman–Crippen MR) is 93.9 cm³/mol. The van der Waals surface area contributed by atoms with Crippen LogP contribution in [0.2, 0.25) is 5.02 Å². The number of anilines is 1. The molecular weight excluding hydrogens is 306 g/mol. The van der Waals surface area contributed by atoms with Gasteiger partial charge in [-0.3, -0.25) is 0 Å². The third kappa shape index (κ3) is 3.04. The molecule has 0 bridgehead atoms. The van der Waals surface area contributed by atoms with Crippen LogP contribution in [0.3, 0.4) is 0 Å². The molecule has 0 amide bonds. The fraction of sp³-hybridized carbons (Fsp3) is 0.368. The molecule has 2 atom stereocenters. The molecule has 3 rings (SSSR count). The minimum Gasteiger partial charge on any atom is -0.352 e. The number of hydrogen-bond donors (Lipinski definition) is 0. The number of benzene rings is 1. The van der Waals surface area contributed by atoms with Crippen LogP contribution < -0.4 is 4.90 Å². The highest BCUT2D eigenvalue weighted by Crippen LogP contribution is 2.39. The minimum absolute atomic E-state index is 0.385. The number of nitrogens with zero attached hydrogens (tertiary/aromatic N) is 3. The van der Waals surface area contributed by atoms with Gasteiger partial charge in [0.15, 0.2) is 0 Å². The summed E-state index contributed by atoms with van der Waals surface area (Å²) in [6.07, 6.45) is 3.74. The molecule has 23 heavy (non-hydrogen) atoms. The largest absolute Gasteiger partial charge is 0.352 e. The molecule has 1 aromatic carbocycles. The Hall–Kier alpha value is -2.05. The zero-order valence-corrected chi connectivity index (χ0v) is 14.2. The number of rotatable bonds is 3. The maximum Gasteiger partial charge on any atom is 0.147 e. The summed E-state index contributed by atoms with van der Waals surface area (Å²) in [5, 5.41) is 9.53. The Balaban J connectivity index is 1.90. The first-order chi connectivity index (χ1) is 11.1. The lowest BCUT2D eigenvalue weighted by Crippen LogP contribution is -2.32. The third-order valence-corrected chi connectivity index (χ3v) is 4.97. The maximum atomic E-state index is 8.97. The Morgan fingerprint density at radius 2 is 2.09 bits per heavy atom. The summed E-state index contributed by atoms with van der Waals surface area (Å²) in [5.74, 6) is 1.29. The van der Waals surface area contributed by atoms with Crippen LogP contribution in [0.1, 0.15) is 42.4 Å². The van der Waals surface area contributed by atoms with Crippen molar-refractivity contribution < 1.29 is 0 Å². The number of aromatic nitrogens is 1. The highest BCUT2D eigenvalue weighted by atomic mass is 35.5. The van der Waals surface area contributed by atoms with Gasteiger partial charge < -0.3 is 4.90 Å². The normalized spacial score (nSPS) is 20.5. The molecule has 0 spiro atoms. The molecule has 2 unspecified atom stereocenters. The molecule has 1 aliphatic rings. The van der Waals surface area contributed by atoms with Crippen LogP contribution in [-0.2, 0) is 0 Å². The molecule has 4 heteroatoms. The van der Waals surface area contributed by atoms with Crippen molar-refractivity contribution in [1.29, 1.82) is 5.26 Å². The van der Waals surface area contributed by atoms with Gasteiger partial charge in [-0.1, -0.05) is 48.4 Å². The number of halogens is 1. The van der Waals surface area contributed by atoms with E-state index >= 15 is 0 Å². The summed E-state index contributed by atoms with van der Waals surface area (Å²) in [4.78, 5) is 6.74. The molecule has 1 aliphatic heterocycles. The summed E-state index contributed by atoms with van der Waals surface area (Å²) in [5.41, 5.74) is 3.17. The Kier molecular flexibility index (Phi) is 4.54. The molecule has 0 radical (unpaired) electrons. The number of aryl methyl sites for hydroxylation is 1. The molecule has 1 fully saturated rings. The summed E-state index contributed by atoms with van der Waals surface area (Å²) in [7, 11) is 0. The maximum absolute atomic E-state index is 8.97. The van der Waals surface area contributed by atoms with Crippen molar-refractivity contribution in [3.8, 4) is 6.07 Å². The SMILES string of the molecule is CCC1C(c2ccc(C)cc2)CCN1c1ncc(C#N)cc1Cl. The van der Waals surface area contributed by atoms with Crippen LogP contribution >= 0.6 is 11.6 Å². The van der Waals surface area contributed by atoms with Crippen molar-refractivity contribution in [3.05, 3.63) is 58.2 Å². The van der Waals surface area contributed by atoms with Gasteiger partial charge in [-0.05, 0) is 31.4 Å². The monoisotopic (exact) mass is 325 g/mol. The summed E-state index contributed by atoms with van der Waals surface area (Å²) in [6, 6.07) is 13.0. The topological polar surface area (TPSA) is 39.9 Å². The zero-order valence-electron chi connectivity index (χ0n) is 13.5. The first-order valence-electron chi connectivity index (χ1n) is 8.03. The highest BCUT2D eigenvalue weighted by Gasteiger charge is 2.35. The van der Waals surface area contributed by atoms with Crippen LogP contribution in [0.5, 0.6) is 0 Å². The molecule has 2 aromatic rings. The van der Waals surface area contributed by atoms with Gasteiger partial charge in [0.1, 0.15) is 11.9 Å². The summed E-state index contributed by atoms with van der Waals surface area (Å²) >= 11 is 6.37. The second-order valence-electron chi connectivity index (χ2n) is 6.12. The standard InChI is InChI=1S/C19H20ClN3/c1-3-18-16(15-6-4-13(2)5-7-15)8-9-23(18)19-17(20)10-14(11-21)12-22-19/h4-7,10,12,16,18H,3,8-9H2,1-2H3. The first kappa shape index (κ1) is 15.8. The van der Waals surface area contributed by atoms with Crippen LogP contribution in [-0.4, -0.2) is 17.6 Å². The highest BCUT2D eigenvalue weighted by molar-refractivity contribution is 6.33. The lowest BCUT2D eigenvalue weighted by atomic mass is 9.90. The van der Waals surface area contributed by atoms with Gasteiger partial charge in [0.05, 0.1) is 10.6 Å². The van der Waals surface area contributed by atoms with Gasteiger partial charge in [-0.25, -0.2) is 4.98 Å². The second-order valence-corrected chi connectivity index (χ2v) is 6.52. The third-order valence-electron chi connectivity index (χ3n) is 4.69. The van der Waals surface area contributed by atoms with Crippen molar-refractivity contribution in [3.63, 3.8) is 0 Å². The lowest BCUT2D eigenvalue weighted by Gasteiger charge is -2.29. The average molecular weight is 326 g/mol. The van der Waals surface area contributed by atoms with Crippen molar-refractivity contribution in [2.45, 2.75) is 38.6 Å². The predicted octanol–water partition coefficient (Wildman–Crippen LogP) is 4.69. The van der Waals surface area contributed by atoms with E-state index < -0.39 is 0 Å². The van der Waals surface area contributed by atoms with Crippen LogP contribution in [0.15, 0.2) is 36.5 Å². The smallest absolute Gasteiger partial charge is 0.147 e. The average Bonchev–Trinajstić information content (AvgIpc) is 2.99. The quantitative estimate of drug-likeness (QED) is 0.822. The van der Waals surface area contributed by atoms with Crippen molar-refractivity contribution in [1.82, 2.24) is 4.98 Å². The molecule has 0 saturated carbocycles. The zero-order chi connectivity index (χ0) is 16.4. The molecule has 1 aromatic heterocycles. The van der Waals surface area contributed by atoms with Gasteiger partial charge in [0.2, 0.25) is 0 Å². The fourth-order valence-electron chi connectivity index (χ4n) is 3.53. The van der Waals surface area contributed by atoms with E-state index in [0.717, 1.165) is 25.2 Å².